The summed E-state index contributed by atoms with van der Waals surface area (Å²) in [5.74, 6) is -0.723. The number of carbonyl (C=O) groups excluding carboxylic acids is 3. The predicted molar refractivity (Wildman–Crippen MR) is 48.3 cm³/mol. The van der Waals surface area contributed by atoms with E-state index in [0.29, 0.717) is 0 Å². The maximum atomic E-state index is 11.2. The molecule has 14 heavy (non-hydrogen) atoms. The first-order valence-corrected chi connectivity index (χ1v) is 4.39. The third-order valence-electron chi connectivity index (χ3n) is 2.00. The second-order valence-corrected chi connectivity index (χ2v) is 2.97. The number of carbonyl (C=O) groups is 3. The summed E-state index contributed by atoms with van der Waals surface area (Å²) in [6.07, 6.45) is 0.161. The second kappa shape index (κ2) is 4.71. The fraction of sp³-hybridized carbons (Fsp3) is 0.625. The minimum Gasteiger partial charge on any atom is -0.359 e. The summed E-state index contributed by atoms with van der Waals surface area (Å²) in [6, 6.07) is 0. The van der Waals surface area contributed by atoms with Crippen LogP contribution in [0.1, 0.15) is 6.42 Å². The van der Waals surface area contributed by atoms with Crippen molar-refractivity contribution in [1.82, 2.24) is 15.5 Å². The average molecular weight is 199 g/mol. The Bertz CT molecular complexity index is 249. The van der Waals surface area contributed by atoms with E-state index in [2.05, 4.69) is 10.6 Å². The number of hydrogen-bond acceptors (Lipinski definition) is 4. The van der Waals surface area contributed by atoms with Crippen LogP contribution in [-0.4, -0.2) is 49.3 Å². The van der Waals surface area contributed by atoms with Crippen molar-refractivity contribution in [3.05, 3.63) is 0 Å². The Balaban J connectivity index is 2.44. The molecular formula is C8H13N3O3. The molecule has 0 aliphatic carbocycles. The summed E-state index contributed by atoms with van der Waals surface area (Å²) >= 11 is 0. The third-order valence-corrected chi connectivity index (χ3v) is 2.00. The first kappa shape index (κ1) is 10.6. The van der Waals surface area contributed by atoms with Crippen LogP contribution in [0.2, 0.25) is 0 Å². The number of nitrogens with zero attached hydrogens (tertiary/aromatic N) is 1. The molecule has 0 atom stereocenters. The Hall–Kier alpha value is -1.43. The van der Waals surface area contributed by atoms with E-state index in [1.54, 1.807) is 0 Å². The maximum Gasteiger partial charge on any atom is 0.243 e. The summed E-state index contributed by atoms with van der Waals surface area (Å²) in [7, 11) is 1.52. The van der Waals surface area contributed by atoms with Crippen molar-refractivity contribution in [2.24, 2.45) is 0 Å². The largest absolute Gasteiger partial charge is 0.359 e. The molecule has 3 amide bonds. The number of rotatable bonds is 3. The van der Waals surface area contributed by atoms with Crippen LogP contribution in [0.15, 0.2) is 0 Å². The van der Waals surface area contributed by atoms with Crippen LogP contribution in [0.4, 0.5) is 0 Å². The van der Waals surface area contributed by atoms with Gasteiger partial charge in [-0.1, -0.05) is 0 Å². The standard InChI is InChI=1S/C8H13N3O3/c1-9-6(12)2-3-11-7(13)4-10-5-8(11)14/h10H,2-5H2,1H3,(H,9,12). The number of nitrogens with one attached hydrogen (secondary N) is 2. The Labute approximate surface area is 81.6 Å². The molecule has 1 aliphatic heterocycles. The highest BCUT2D eigenvalue weighted by atomic mass is 16.2. The van der Waals surface area contributed by atoms with Crippen LogP contribution in [0.3, 0.4) is 0 Å². The predicted octanol–water partition coefficient (Wildman–Crippen LogP) is -1.92. The van der Waals surface area contributed by atoms with Gasteiger partial charge in [0.2, 0.25) is 17.7 Å². The van der Waals surface area contributed by atoms with Gasteiger partial charge in [-0.2, -0.15) is 0 Å². The molecule has 0 unspecified atom stereocenters. The highest BCUT2D eigenvalue weighted by Gasteiger charge is 2.25. The molecule has 1 rings (SSSR count). The zero-order valence-electron chi connectivity index (χ0n) is 8.00. The summed E-state index contributed by atoms with van der Waals surface area (Å²) in [5, 5.41) is 5.10. The smallest absolute Gasteiger partial charge is 0.243 e. The van der Waals surface area contributed by atoms with Crippen molar-refractivity contribution in [3.8, 4) is 0 Å². The van der Waals surface area contributed by atoms with Crippen LogP contribution in [0.25, 0.3) is 0 Å². The molecular weight excluding hydrogens is 186 g/mol. The number of piperazine rings is 1. The molecule has 1 heterocycles. The van der Waals surface area contributed by atoms with E-state index in [1.165, 1.54) is 7.05 Å². The average Bonchev–Trinajstić information content (AvgIpc) is 2.16. The van der Waals surface area contributed by atoms with Gasteiger partial charge >= 0.3 is 0 Å². The van der Waals surface area contributed by atoms with Gasteiger partial charge < -0.3 is 5.32 Å². The van der Waals surface area contributed by atoms with Crippen LogP contribution in [0.5, 0.6) is 0 Å². The normalized spacial score (nSPS) is 17.1. The van der Waals surface area contributed by atoms with E-state index in [-0.39, 0.29) is 43.8 Å². The lowest BCUT2D eigenvalue weighted by Crippen LogP contribution is -2.52. The molecule has 0 spiro atoms. The summed E-state index contributed by atoms with van der Waals surface area (Å²) < 4.78 is 0. The zero-order chi connectivity index (χ0) is 10.6. The Morgan fingerprint density at radius 2 is 2.00 bits per heavy atom. The van der Waals surface area contributed by atoms with Crippen molar-refractivity contribution < 1.29 is 14.4 Å². The molecule has 0 bridgehead atoms. The summed E-state index contributed by atoms with van der Waals surface area (Å²) in [5.41, 5.74) is 0. The summed E-state index contributed by atoms with van der Waals surface area (Å²) in [4.78, 5) is 34.4. The van der Waals surface area contributed by atoms with Gasteiger partial charge in [-0.15, -0.1) is 0 Å². The van der Waals surface area contributed by atoms with E-state index < -0.39 is 0 Å². The molecule has 0 aromatic carbocycles. The number of amides is 3. The second-order valence-electron chi connectivity index (χ2n) is 2.97. The topological polar surface area (TPSA) is 78.5 Å². The lowest BCUT2D eigenvalue weighted by Gasteiger charge is -2.24. The van der Waals surface area contributed by atoms with Gasteiger partial charge in [-0.05, 0) is 0 Å². The fourth-order valence-corrected chi connectivity index (χ4v) is 1.19. The fourth-order valence-electron chi connectivity index (χ4n) is 1.19. The van der Waals surface area contributed by atoms with Gasteiger partial charge in [-0.3, -0.25) is 24.6 Å². The van der Waals surface area contributed by atoms with E-state index >= 15 is 0 Å². The molecule has 2 N–H and O–H groups in total. The van der Waals surface area contributed by atoms with E-state index in [1.807, 2.05) is 0 Å². The SMILES string of the molecule is CNC(=O)CCN1C(=O)CNCC1=O. The van der Waals surface area contributed by atoms with Crippen LogP contribution in [0, 0.1) is 0 Å². The maximum absolute atomic E-state index is 11.2. The first-order valence-electron chi connectivity index (χ1n) is 4.39. The van der Waals surface area contributed by atoms with Crippen LogP contribution < -0.4 is 10.6 Å². The molecule has 78 valence electrons. The van der Waals surface area contributed by atoms with Crippen LogP contribution in [-0.2, 0) is 14.4 Å². The molecule has 1 fully saturated rings. The van der Waals surface area contributed by atoms with Crippen molar-refractivity contribution in [1.29, 1.82) is 0 Å². The number of hydrogen-bond donors (Lipinski definition) is 2. The van der Waals surface area contributed by atoms with E-state index in [4.69, 9.17) is 0 Å². The van der Waals surface area contributed by atoms with Gasteiger partial charge in [0, 0.05) is 20.0 Å². The lowest BCUT2D eigenvalue weighted by atomic mass is 10.3. The monoisotopic (exact) mass is 199 g/mol. The van der Waals surface area contributed by atoms with Crippen molar-refractivity contribution >= 4 is 17.7 Å². The minimum absolute atomic E-state index is 0.161. The molecule has 0 aromatic heterocycles. The highest BCUT2D eigenvalue weighted by Crippen LogP contribution is 1.97. The van der Waals surface area contributed by atoms with Gasteiger partial charge in [-0.25, -0.2) is 0 Å². The van der Waals surface area contributed by atoms with Gasteiger partial charge in [0.05, 0.1) is 13.1 Å². The molecule has 0 saturated carbocycles. The quantitative estimate of drug-likeness (QED) is 0.519. The summed E-state index contributed by atoms with van der Waals surface area (Å²) in [6.45, 7) is 0.498. The van der Waals surface area contributed by atoms with E-state index in [0.717, 1.165) is 4.90 Å². The van der Waals surface area contributed by atoms with E-state index in [9.17, 15) is 14.4 Å². The minimum atomic E-state index is -0.273. The Morgan fingerprint density at radius 3 is 2.50 bits per heavy atom. The lowest BCUT2D eigenvalue weighted by molar-refractivity contribution is -0.146. The highest BCUT2D eigenvalue weighted by molar-refractivity contribution is 5.99. The Kier molecular flexibility index (Phi) is 3.58. The van der Waals surface area contributed by atoms with Crippen molar-refractivity contribution in [2.75, 3.05) is 26.7 Å². The van der Waals surface area contributed by atoms with Crippen molar-refractivity contribution in [3.63, 3.8) is 0 Å². The molecule has 1 saturated heterocycles. The van der Waals surface area contributed by atoms with Crippen molar-refractivity contribution in [2.45, 2.75) is 6.42 Å². The number of imide groups is 1. The molecule has 6 nitrogen and oxygen atoms in total. The Morgan fingerprint density at radius 1 is 1.43 bits per heavy atom. The van der Waals surface area contributed by atoms with Gasteiger partial charge in [0.1, 0.15) is 0 Å². The molecule has 1 aliphatic rings. The third kappa shape index (κ3) is 2.53. The molecule has 6 heteroatoms. The zero-order valence-corrected chi connectivity index (χ0v) is 8.00. The van der Waals surface area contributed by atoms with Crippen LogP contribution >= 0.6 is 0 Å². The molecule has 0 radical (unpaired) electrons. The molecule has 0 aromatic rings. The van der Waals surface area contributed by atoms with Gasteiger partial charge in [0.25, 0.3) is 0 Å². The van der Waals surface area contributed by atoms with Gasteiger partial charge in [0.15, 0.2) is 0 Å². The first-order chi connectivity index (χ1) is 6.65.